The number of alkyl halides is 3. The molecule has 6 nitrogen and oxygen atoms in total. The van der Waals surface area contributed by atoms with Gasteiger partial charge in [-0.05, 0) is 47.3 Å². The van der Waals surface area contributed by atoms with Crippen LogP contribution in [0.5, 0.6) is 11.5 Å². The Hall–Kier alpha value is -3.17. The minimum absolute atomic E-state index is 0.0669. The predicted octanol–water partition coefficient (Wildman–Crippen LogP) is 5.44. The number of rotatable bonds is 7. The van der Waals surface area contributed by atoms with Crippen LogP contribution in [0.25, 0.3) is 10.8 Å². The maximum Gasteiger partial charge on any atom is 0.573 e. The van der Waals surface area contributed by atoms with Crippen molar-refractivity contribution in [2.75, 3.05) is 6.61 Å². The summed E-state index contributed by atoms with van der Waals surface area (Å²) >= 11 is 12.2. The van der Waals surface area contributed by atoms with Crippen molar-refractivity contribution in [3.8, 4) is 11.5 Å². The SMILES string of the molecule is O=C(COc1cc(C(=O)O)cc2cc(Cl)cc(Cl)c12)NCc1cccc(OC(F)(F)F)c1. The van der Waals surface area contributed by atoms with Crippen LogP contribution in [0.1, 0.15) is 15.9 Å². The van der Waals surface area contributed by atoms with Crippen molar-refractivity contribution in [1.82, 2.24) is 5.32 Å². The van der Waals surface area contributed by atoms with Crippen LogP contribution in [0.4, 0.5) is 13.2 Å². The zero-order chi connectivity index (χ0) is 23.5. The number of hydrogen-bond acceptors (Lipinski definition) is 4. The number of halogens is 5. The fraction of sp³-hybridized carbons (Fsp3) is 0.143. The van der Waals surface area contributed by atoms with E-state index in [1.807, 2.05) is 0 Å². The van der Waals surface area contributed by atoms with Gasteiger partial charge in [-0.2, -0.15) is 0 Å². The molecule has 2 N–H and O–H groups in total. The summed E-state index contributed by atoms with van der Waals surface area (Å²) in [7, 11) is 0. The number of benzene rings is 3. The number of ether oxygens (including phenoxy) is 2. The van der Waals surface area contributed by atoms with Crippen molar-refractivity contribution in [3.63, 3.8) is 0 Å². The molecule has 0 unspecified atom stereocenters. The van der Waals surface area contributed by atoms with E-state index in [4.69, 9.17) is 27.9 Å². The standard InChI is InChI=1S/C21H14Cl2F3NO5/c22-14-6-12-5-13(20(29)30)7-17(19(12)16(23)8-14)31-10-18(28)27-9-11-2-1-3-15(4-11)32-21(24,25)26/h1-8H,9-10H2,(H,27,28)(H,29,30). The average Bonchev–Trinajstić information content (AvgIpc) is 2.68. The largest absolute Gasteiger partial charge is 0.573 e. The molecule has 0 aliphatic heterocycles. The van der Waals surface area contributed by atoms with Gasteiger partial charge in [0, 0.05) is 17.0 Å². The first-order valence-corrected chi connectivity index (χ1v) is 9.68. The molecule has 0 radical (unpaired) electrons. The van der Waals surface area contributed by atoms with Crippen LogP contribution in [0.3, 0.4) is 0 Å². The van der Waals surface area contributed by atoms with E-state index in [9.17, 15) is 27.9 Å². The summed E-state index contributed by atoms with van der Waals surface area (Å²) in [6, 6.07) is 10.7. The maximum atomic E-state index is 12.3. The second-order valence-electron chi connectivity index (χ2n) is 6.53. The third kappa shape index (κ3) is 6.18. The first kappa shape index (κ1) is 23.5. The highest BCUT2D eigenvalue weighted by Gasteiger charge is 2.31. The highest BCUT2D eigenvalue weighted by molar-refractivity contribution is 6.39. The molecule has 0 spiro atoms. The lowest BCUT2D eigenvalue weighted by atomic mass is 10.1. The summed E-state index contributed by atoms with van der Waals surface area (Å²) in [5.41, 5.74) is 0.281. The second-order valence-corrected chi connectivity index (χ2v) is 7.37. The third-order valence-electron chi connectivity index (χ3n) is 4.16. The number of amides is 1. The van der Waals surface area contributed by atoms with Crippen LogP contribution in [0.15, 0.2) is 48.5 Å². The topological polar surface area (TPSA) is 84.9 Å². The highest BCUT2D eigenvalue weighted by atomic mass is 35.5. The Morgan fingerprint density at radius 2 is 1.81 bits per heavy atom. The lowest BCUT2D eigenvalue weighted by Crippen LogP contribution is -2.28. The molecule has 0 aromatic heterocycles. The van der Waals surface area contributed by atoms with Crippen molar-refractivity contribution in [3.05, 3.63) is 69.7 Å². The second kappa shape index (κ2) is 9.54. The normalized spacial score (nSPS) is 11.3. The minimum Gasteiger partial charge on any atom is -0.483 e. The van der Waals surface area contributed by atoms with Gasteiger partial charge < -0.3 is 19.9 Å². The highest BCUT2D eigenvalue weighted by Crippen LogP contribution is 2.36. The van der Waals surface area contributed by atoms with Gasteiger partial charge in [0.1, 0.15) is 11.5 Å². The molecule has 1 amide bonds. The Labute approximate surface area is 189 Å². The molecule has 0 saturated carbocycles. The fourth-order valence-electron chi connectivity index (χ4n) is 2.87. The van der Waals surface area contributed by atoms with Crippen molar-refractivity contribution >= 4 is 45.9 Å². The molecule has 0 fully saturated rings. The Kier molecular flexibility index (Phi) is 7.00. The van der Waals surface area contributed by atoms with Crippen LogP contribution in [0, 0.1) is 0 Å². The van der Waals surface area contributed by atoms with Gasteiger partial charge in [0.2, 0.25) is 0 Å². The van der Waals surface area contributed by atoms with Gasteiger partial charge in [0.05, 0.1) is 10.6 Å². The number of carbonyl (C=O) groups is 2. The lowest BCUT2D eigenvalue weighted by Gasteiger charge is -2.13. The molecular formula is C21H14Cl2F3NO5. The Morgan fingerprint density at radius 1 is 1.06 bits per heavy atom. The van der Waals surface area contributed by atoms with Crippen molar-refractivity contribution in [1.29, 1.82) is 0 Å². The van der Waals surface area contributed by atoms with Crippen LogP contribution in [-0.4, -0.2) is 30.0 Å². The average molecular weight is 488 g/mol. The summed E-state index contributed by atoms with van der Waals surface area (Å²) in [6.07, 6.45) is -4.82. The van der Waals surface area contributed by atoms with Gasteiger partial charge in [-0.15, -0.1) is 13.2 Å². The van der Waals surface area contributed by atoms with Gasteiger partial charge in [-0.3, -0.25) is 4.79 Å². The molecule has 0 aliphatic rings. The molecule has 0 bridgehead atoms. The summed E-state index contributed by atoms with van der Waals surface area (Å²) in [5, 5.41) is 13.1. The summed E-state index contributed by atoms with van der Waals surface area (Å²) < 4.78 is 46.3. The molecule has 0 heterocycles. The number of fused-ring (bicyclic) bond motifs is 1. The van der Waals surface area contributed by atoms with Crippen LogP contribution < -0.4 is 14.8 Å². The number of nitrogens with one attached hydrogen (secondary N) is 1. The Bertz CT molecular complexity index is 1180. The number of carbonyl (C=O) groups excluding carboxylic acids is 1. The Balaban J connectivity index is 1.70. The van der Waals surface area contributed by atoms with Crippen LogP contribution >= 0.6 is 23.2 Å². The molecule has 3 aromatic carbocycles. The van der Waals surface area contributed by atoms with E-state index < -0.39 is 30.6 Å². The van der Waals surface area contributed by atoms with E-state index in [0.29, 0.717) is 21.4 Å². The quantitative estimate of drug-likeness (QED) is 0.463. The molecule has 0 saturated heterocycles. The third-order valence-corrected chi connectivity index (χ3v) is 4.67. The smallest absolute Gasteiger partial charge is 0.483 e. The van der Waals surface area contributed by atoms with E-state index in [1.165, 1.54) is 36.4 Å². The lowest BCUT2D eigenvalue weighted by molar-refractivity contribution is -0.274. The van der Waals surface area contributed by atoms with Crippen LogP contribution in [-0.2, 0) is 11.3 Å². The van der Waals surface area contributed by atoms with Gasteiger partial charge in [0.15, 0.2) is 6.61 Å². The van der Waals surface area contributed by atoms with E-state index >= 15 is 0 Å². The number of carboxylic acids is 1. The summed E-state index contributed by atoms with van der Waals surface area (Å²) in [5.74, 6) is -2.15. The fourth-order valence-corrected chi connectivity index (χ4v) is 3.48. The zero-order valence-electron chi connectivity index (χ0n) is 16.0. The van der Waals surface area contributed by atoms with Gasteiger partial charge in [0.25, 0.3) is 5.91 Å². The van der Waals surface area contributed by atoms with E-state index in [2.05, 4.69) is 10.1 Å². The summed E-state index contributed by atoms with van der Waals surface area (Å²) in [4.78, 5) is 23.6. The van der Waals surface area contributed by atoms with Crippen molar-refractivity contribution in [2.24, 2.45) is 0 Å². The van der Waals surface area contributed by atoms with Crippen LogP contribution in [0.2, 0.25) is 10.0 Å². The van der Waals surface area contributed by atoms with Crippen molar-refractivity contribution in [2.45, 2.75) is 12.9 Å². The monoisotopic (exact) mass is 487 g/mol. The first-order chi connectivity index (χ1) is 15.0. The number of hydrogen-bond donors (Lipinski definition) is 2. The molecule has 0 aliphatic carbocycles. The van der Waals surface area contributed by atoms with Gasteiger partial charge in [-0.25, -0.2) is 4.79 Å². The number of carboxylic acid groups (broad SMARTS) is 1. The maximum absolute atomic E-state index is 12.3. The molecule has 0 atom stereocenters. The molecular weight excluding hydrogens is 474 g/mol. The molecule has 168 valence electrons. The molecule has 32 heavy (non-hydrogen) atoms. The van der Waals surface area contributed by atoms with Gasteiger partial charge in [-0.1, -0.05) is 35.3 Å². The molecule has 3 aromatic rings. The van der Waals surface area contributed by atoms with E-state index in [1.54, 1.807) is 0 Å². The summed E-state index contributed by atoms with van der Waals surface area (Å²) in [6.45, 7) is -0.570. The predicted molar refractivity (Wildman–Crippen MR) is 111 cm³/mol. The Morgan fingerprint density at radius 3 is 2.50 bits per heavy atom. The molecule has 11 heteroatoms. The number of aromatic carboxylic acids is 1. The minimum atomic E-state index is -4.82. The van der Waals surface area contributed by atoms with Gasteiger partial charge >= 0.3 is 12.3 Å². The van der Waals surface area contributed by atoms with E-state index in [-0.39, 0.29) is 22.9 Å². The first-order valence-electron chi connectivity index (χ1n) is 8.92. The molecule has 3 rings (SSSR count). The zero-order valence-corrected chi connectivity index (χ0v) is 17.5. The van der Waals surface area contributed by atoms with E-state index in [0.717, 1.165) is 12.1 Å². The van der Waals surface area contributed by atoms with Crippen molar-refractivity contribution < 1.29 is 37.3 Å².